The summed E-state index contributed by atoms with van der Waals surface area (Å²) >= 11 is 0. The molecule has 25 heavy (non-hydrogen) atoms. The first-order valence-electron chi connectivity index (χ1n) is 9.46. The molecule has 5 heteroatoms. The number of rotatable bonds is 5. The van der Waals surface area contributed by atoms with Crippen LogP contribution in [0.5, 0.6) is 0 Å². The van der Waals surface area contributed by atoms with Crippen LogP contribution in [0.25, 0.3) is 0 Å². The predicted molar refractivity (Wildman–Crippen MR) is 98.1 cm³/mol. The van der Waals surface area contributed by atoms with E-state index in [4.69, 9.17) is 0 Å². The van der Waals surface area contributed by atoms with Gasteiger partial charge in [-0.15, -0.1) is 0 Å². The fraction of sp³-hybridized carbons (Fsp3) is 0.600. The number of likely N-dealkylation sites (tertiary alicyclic amines) is 2. The largest absolute Gasteiger partial charge is 0.341 e. The molecular weight excluding hydrogens is 314 g/mol. The number of amides is 2. The highest BCUT2D eigenvalue weighted by Crippen LogP contribution is 2.24. The van der Waals surface area contributed by atoms with Crippen molar-refractivity contribution in [2.24, 2.45) is 5.92 Å². The summed E-state index contributed by atoms with van der Waals surface area (Å²) in [7, 11) is 1.98. The van der Waals surface area contributed by atoms with Crippen molar-refractivity contribution in [3.05, 3.63) is 35.9 Å². The van der Waals surface area contributed by atoms with Gasteiger partial charge in [0.2, 0.25) is 11.8 Å². The van der Waals surface area contributed by atoms with Crippen molar-refractivity contribution in [1.29, 1.82) is 0 Å². The van der Waals surface area contributed by atoms with Gasteiger partial charge >= 0.3 is 0 Å². The van der Waals surface area contributed by atoms with E-state index in [9.17, 15) is 9.59 Å². The Labute approximate surface area is 150 Å². The number of carbonyl (C=O) groups is 2. The monoisotopic (exact) mass is 343 g/mol. The van der Waals surface area contributed by atoms with Crippen molar-refractivity contribution in [3.8, 4) is 0 Å². The van der Waals surface area contributed by atoms with Gasteiger partial charge in [-0.3, -0.25) is 9.59 Å². The molecule has 0 aromatic heterocycles. The molecule has 1 unspecified atom stereocenters. The fourth-order valence-electron chi connectivity index (χ4n) is 4.05. The van der Waals surface area contributed by atoms with E-state index in [-0.39, 0.29) is 17.9 Å². The maximum absolute atomic E-state index is 12.9. The number of carbonyl (C=O) groups excluding carboxylic acids is 2. The molecular formula is C20H29N3O2. The Morgan fingerprint density at radius 1 is 1.08 bits per heavy atom. The van der Waals surface area contributed by atoms with E-state index in [0.29, 0.717) is 18.9 Å². The minimum absolute atomic E-state index is 0.0760. The standard InChI is InChI=1S/C20H29N3O2/c1-21-15-17-9-12-22(13-10-17)20(25)18-8-5-11-23(18)19(24)14-16-6-3-2-4-7-16/h2-4,6-7,17-18,21H,5,8-15H2,1H3. The van der Waals surface area contributed by atoms with E-state index in [2.05, 4.69) is 5.32 Å². The van der Waals surface area contributed by atoms with Crippen molar-refractivity contribution in [2.75, 3.05) is 33.2 Å². The van der Waals surface area contributed by atoms with E-state index < -0.39 is 0 Å². The molecule has 0 saturated carbocycles. The Kier molecular flexibility index (Phi) is 6.08. The highest BCUT2D eigenvalue weighted by atomic mass is 16.2. The van der Waals surface area contributed by atoms with Crippen molar-refractivity contribution < 1.29 is 9.59 Å². The van der Waals surface area contributed by atoms with Crippen molar-refractivity contribution >= 4 is 11.8 Å². The SMILES string of the molecule is CNCC1CCN(C(=O)C2CCCN2C(=O)Cc2ccccc2)CC1. The normalized spacial score (nSPS) is 21.6. The van der Waals surface area contributed by atoms with E-state index in [1.807, 2.05) is 47.2 Å². The van der Waals surface area contributed by atoms with Gasteiger partial charge in [-0.1, -0.05) is 30.3 Å². The van der Waals surface area contributed by atoms with Crippen LogP contribution in [0.3, 0.4) is 0 Å². The smallest absolute Gasteiger partial charge is 0.245 e. The van der Waals surface area contributed by atoms with Crippen LogP contribution in [0.4, 0.5) is 0 Å². The molecule has 1 N–H and O–H groups in total. The van der Waals surface area contributed by atoms with Gasteiger partial charge < -0.3 is 15.1 Å². The molecule has 1 aromatic carbocycles. The van der Waals surface area contributed by atoms with E-state index in [0.717, 1.165) is 50.9 Å². The van der Waals surface area contributed by atoms with E-state index >= 15 is 0 Å². The number of nitrogens with zero attached hydrogens (tertiary/aromatic N) is 2. The van der Waals surface area contributed by atoms with Crippen molar-refractivity contribution in [1.82, 2.24) is 15.1 Å². The average Bonchev–Trinajstić information content (AvgIpc) is 3.13. The Morgan fingerprint density at radius 2 is 1.80 bits per heavy atom. The molecule has 2 aliphatic heterocycles. The maximum atomic E-state index is 12.9. The third-order valence-corrected chi connectivity index (χ3v) is 5.48. The minimum atomic E-state index is -0.253. The molecule has 1 atom stereocenters. The molecule has 0 aliphatic carbocycles. The van der Waals surface area contributed by atoms with Crippen LogP contribution in [-0.4, -0.2) is 60.9 Å². The summed E-state index contributed by atoms with van der Waals surface area (Å²) < 4.78 is 0. The topological polar surface area (TPSA) is 52.7 Å². The second-order valence-electron chi connectivity index (χ2n) is 7.23. The fourth-order valence-corrected chi connectivity index (χ4v) is 4.05. The summed E-state index contributed by atoms with van der Waals surface area (Å²) in [6, 6.07) is 9.54. The van der Waals surface area contributed by atoms with Gasteiger partial charge in [0.1, 0.15) is 6.04 Å². The van der Waals surface area contributed by atoms with Crippen LogP contribution in [-0.2, 0) is 16.0 Å². The Balaban J connectivity index is 1.57. The number of piperidine rings is 1. The van der Waals surface area contributed by atoms with E-state index in [1.165, 1.54) is 0 Å². The molecule has 2 aliphatic rings. The summed E-state index contributed by atoms with van der Waals surface area (Å²) in [5, 5.41) is 3.23. The third kappa shape index (κ3) is 4.40. The van der Waals surface area contributed by atoms with Crippen molar-refractivity contribution in [3.63, 3.8) is 0 Å². The molecule has 136 valence electrons. The zero-order valence-electron chi connectivity index (χ0n) is 15.1. The van der Waals surface area contributed by atoms with Crippen LogP contribution in [0.2, 0.25) is 0 Å². The lowest BCUT2D eigenvalue weighted by atomic mass is 9.96. The average molecular weight is 343 g/mol. The van der Waals surface area contributed by atoms with Crippen LogP contribution >= 0.6 is 0 Å². The lowest BCUT2D eigenvalue weighted by Crippen LogP contribution is -2.50. The number of hydrogen-bond donors (Lipinski definition) is 1. The molecule has 1 aromatic rings. The third-order valence-electron chi connectivity index (χ3n) is 5.48. The Bertz CT molecular complexity index is 582. The first-order valence-corrected chi connectivity index (χ1v) is 9.46. The summed E-state index contributed by atoms with van der Waals surface area (Å²) in [4.78, 5) is 29.4. The summed E-state index contributed by atoms with van der Waals surface area (Å²) in [6.07, 6.45) is 4.21. The van der Waals surface area contributed by atoms with Crippen LogP contribution in [0, 0.1) is 5.92 Å². The maximum Gasteiger partial charge on any atom is 0.245 e. The first-order chi connectivity index (χ1) is 12.2. The second kappa shape index (κ2) is 8.48. The molecule has 0 spiro atoms. The number of benzene rings is 1. The van der Waals surface area contributed by atoms with Gasteiger partial charge in [0.05, 0.1) is 6.42 Å². The van der Waals surface area contributed by atoms with Crippen LogP contribution in [0.1, 0.15) is 31.2 Å². The minimum Gasteiger partial charge on any atom is -0.341 e. The van der Waals surface area contributed by atoms with Crippen LogP contribution in [0.15, 0.2) is 30.3 Å². The van der Waals surface area contributed by atoms with Gasteiger partial charge in [-0.2, -0.15) is 0 Å². The molecule has 3 rings (SSSR count). The predicted octanol–water partition coefficient (Wildman–Crippen LogP) is 1.68. The van der Waals surface area contributed by atoms with Gasteiger partial charge in [0.25, 0.3) is 0 Å². The first kappa shape index (κ1) is 17.9. The van der Waals surface area contributed by atoms with Gasteiger partial charge in [-0.25, -0.2) is 0 Å². The lowest BCUT2D eigenvalue weighted by molar-refractivity contribution is -0.144. The second-order valence-corrected chi connectivity index (χ2v) is 7.23. The zero-order valence-corrected chi connectivity index (χ0v) is 15.1. The number of hydrogen-bond acceptors (Lipinski definition) is 3. The quantitative estimate of drug-likeness (QED) is 0.885. The van der Waals surface area contributed by atoms with Gasteiger partial charge in [0.15, 0.2) is 0 Å². The molecule has 0 bridgehead atoms. The highest BCUT2D eigenvalue weighted by molar-refractivity contribution is 5.89. The van der Waals surface area contributed by atoms with Gasteiger partial charge in [-0.05, 0) is 50.8 Å². The zero-order chi connectivity index (χ0) is 17.6. The van der Waals surface area contributed by atoms with Crippen molar-refractivity contribution in [2.45, 2.75) is 38.1 Å². The molecule has 5 nitrogen and oxygen atoms in total. The molecule has 2 amide bonds. The Morgan fingerprint density at radius 3 is 2.48 bits per heavy atom. The molecule has 0 radical (unpaired) electrons. The number of nitrogens with one attached hydrogen (secondary N) is 1. The van der Waals surface area contributed by atoms with Crippen LogP contribution < -0.4 is 5.32 Å². The molecule has 2 fully saturated rings. The summed E-state index contributed by atoms with van der Waals surface area (Å²) in [6.45, 7) is 3.37. The Hall–Kier alpha value is -1.88. The highest BCUT2D eigenvalue weighted by Gasteiger charge is 2.37. The van der Waals surface area contributed by atoms with E-state index in [1.54, 1.807) is 0 Å². The summed E-state index contributed by atoms with van der Waals surface area (Å²) in [5.41, 5.74) is 1.01. The summed E-state index contributed by atoms with van der Waals surface area (Å²) in [5.74, 6) is 0.891. The lowest BCUT2D eigenvalue weighted by Gasteiger charge is -2.35. The van der Waals surface area contributed by atoms with Gasteiger partial charge in [0, 0.05) is 19.6 Å². The molecule has 2 saturated heterocycles. The molecule has 2 heterocycles.